The lowest BCUT2D eigenvalue weighted by Gasteiger charge is -2.03. The second-order valence-corrected chi connectivity index (χ2v) is 7.60. The molecule has 0 aliphatic heterocycles. The van der Waals surface area contributed by atoms with Crippen LogP contribution in [0.2, 0.25) is 0 Å². The van der Waals surface area contributed by atoms with E-state index in [1.54, 1.807) is 9.13 Å². The molecule has 0 unspecified atom stereocenters. The summed E-state index contributed by atoms with van der Waals surface area (Å²) in [6.07, 6.45) is 3.42. The van der Waals surface area contributed by atoms with Gasteiger partial charge in [-0.3, -0.25) is 13.9 Å². The van der Waals surface area contributed by atoms with Gasteiger partial charge in [-0.1, -0.05) is 30.4 Å². The quantitative estimate of drug-likeness (QED) is 0.692. The first-order chi connectivity index (χ1) is 12.7. The molecule has 1 aromatic carbocycles. The molecule has 1 N–H and O–H groups in total. The number of carbonyl (C=O) groups excluding carboxylic acids is 1. The summed E-state index contributed by atoms with van der Waals surface area (Å²) in [7, 11) is 0. The number of rotatable bonds is 7. The van der Waals surface area contributed by atoms with Crippen LogP contribution in [0.3, 0.4) is 0 Å². The molecular weight excluding hydrogens is 350 g/mol. The van der Waals surface area contributed by atoms with Gasteiger partial charge < -0.3 is 5.32 Å². The summed E-state index contributed by atoms with van der Waals surface area (Å²) < 4.78 is 3.46. The highest BCUT2D eigenvalue weighted by molar-refractivity contribution is 7.15. The summed E-state index contributed by atoms with van der Waals surface area (Å²) in [4.78, 5) is 25.0. The van der Waals surface area contributed by atoms with Crippen LogP contribution in [0.15, 0.2) is 29.1 Å². The van der Waals surface area contributed by atoms with Gasteiger partial charge in [-0.05, 0) is 31.4 Å². The molecule has 8 heteroatoms. The number of imidazole rings is 1. The number of hydrogen-bond acceptors (Lipinski definition) is 5. The Hall–Kier alpha value is -2.48. The summed E-state index contributed by atoms with van der Waals surface area (Å²) in [6, 6.07) is 7.71. The zero-order valence-corrected chi connectivity index (χ0v) is 15.5. The van der Waals surface area contributed by atoms with Crippen LogP contribution in [0.4, 0.5) is 5.13 Å². The monoisotopic (exact) mass is 371 g/mol. The number of aromatic nitrogens is 4. The van der Waals surface area contributed by atoms with Crippen LogP contribution < -0.4 is 11.0 Å². The standard InChI is InChI=1S/C18H21N5O2S/c1-2-10-22-13-5-3-4-6-14(13)23(18(22)25)11-9-15(24)19-17-21-20-16(26-17)12-7-8-12/h3-6,12H,2,7-11H2,1H3,(H,19,21,24). The van der Waals surface area contributed by atoms with Gasteiger partial charge in [0.1, 0.15) is 5.01 Å². The Morgan fingerprint density at radius 1 is 1.19 bits per heavy atom. The molecule has 0 bridgehead atoms. The van der Waals surface area contributed by atoms with Crippen LogP contribution in [0.5, 0.6) is 0 Å². The van der Waals surface area contributed by atoms with Crippen LogP contribution >= 0.6 is 11.3 Å². The lowest BCUT2D eigenvalue weighted by atomic mass is 10.3. The summed E-state index contributed by atoms with van der Waals surface area (Å²) in [5.41, 5.74) is 1.72. The number of nitrogens with zero attached hydrogens (tertiary/aromatic N) is 4. The lowest BCUT2D eigenvalue weighted by Crippen LogP contribution is -2.26. The first-order valence-corrected chi connectivity index (χ1v) is 9.80. The Kier molecular flexibility index (Phi) is 4.58. The maximum atomic E-state index is 12.7. The third-order valence-electron chi connectivity index (χ3n) is 4.55. The van der Waals surface area contributed by atoms with Crippen molar-refractivity contribution in [1.29, 1.82) is 0 Å². The maximum Gasteiger partial charge on any atom is 0.329 e. The number of nitrogens with one attached hydrogen (secondary N) is 1. The smallest absolute Gasteiger partial charge is 0.300 e. The summed E-state index contributed by atoms with van der Waals surface area (Å²) in [6.45, 7) is 3.06. The van der Waals surface area contributed by atoms with Crippen molar-refractivity contribution in [2.24, 2.45) is 0 Å². The zero-order chi connectivity index (χ0) is 18.1. The molecule has 2 aromatic heterocycles. The molecule has 136 valence electrons. The van der Waals surface area contributed by atoms with Crippen molar-refractivity contribution in [2.75, 3.05) is 5.32 Å². The van der Waals surface area contributed by atoms with Crippen molar-refractivity contribution in [3.63, 3.8) is 0 Å². The van der Waals surface area contributed by atoms with Crippen LogP contribution in [-0.2, 0) is 17.9 Å². The van der Waals surface area contributed by atoms with Gasteiger partial charge in [-0.15, -0.1) is 10.2 Å². The number of benzene rings is 1. The minimum atomic E-state index is -0.150. The molecule has 0 radical (unpaired) electrons. The molecule has 1 aliphatic carbocycles. The molecule has 2 heterocycles. The van der Waals surface area contributed by atoms with E-state index in [4.69, 9.17) is 0 Å². The SMILES string of the molecule is CCCn1c(=O)n(CCC(=O)Nc2nnc(C3CC3)s2)c2ccccc21. The van der Waals surface area contributed by atoms with E-state index in [2.05, 4.69) is 15.5 Å². The van der Waals surface area contributed by atoms with E-state index in [1.165, 1.54) is 11.3 Å². The molecular formula is C18H21N5O2S. The largest absolute Gasteiger partial charge is 0.329 e. The molecule has 7 nitrogen and oxygen atoms in total. The van der Waals surface area contributed by atoms with E-state index >= 15 is 0 Å². The number of para-hydroxylation sites is 2. The number of hydrogen-bond donors (Lipinski definition) is 1. The number of aryl methyl sites for hydroxylation is 2. The predicted molar refractivity (Wildman–Crippen MR) is 102 cm³/mol. The normalized spacial score (nSPS) is 14.0. The minimum absolute atomic E-state index is 0.0622. The fourth-order valence-corrected chi connectivity index (χ4v) is 4.03. The van der Waals surface area contributed by atoms with E-state index in [0.29, 0.717) is 24.1 Å². The van der Waals surface area contributed by atoms with Gasteiger partial charge in [0, 0.05) is 25.4 Å². The third kappa shape index (κ3) is 3.29. The Morgan fingerprint density at radius 3 is 2.54 bits per heavy atom. The summed E-state index contributed by atoms with van der Waals surface area (Å²) >= 11 is 1.44. The molecule has 3 aromatic rings. The summed E-state index contributed by atoms with van der Waals surface area (Å²) in [5.74, 6) is 0.379. The fourth-order valence-electron chi connectivity index (χ4n) is 3.10. The van der Waals surface area contributed by atoms with Gasteiger partial charge in [0.25, 0.3) is 0 Å². The number of fused-ring (bicyclic) bond motifs is 1. The van der Waals surface area contributed by atoms with Crippen LogP contribution in [-0.4, -0.2) is 25.2 Å². The van der Waals surface area contributed by atoms with Gasteiger partial charge in [-0.25, -0.2) is 4.79 Å². The predicted octanol–water partition coefficient (Wildman–Crippen LogP) is 2.97. The Morgan fingerprint density at radius 2 is 1.88 bits per heavy atom. The molecule has 4 rings (SSSR count). The first kappa shape index (κ1) is 17.0. The highest BCUT2D eigenvalue weighted by atomic mass is 32.1. The van der Waals surface area contributed by atoms with Crippen molar-refractivity contribution in [3.05, 3.63) is 39.8 Å². The summed E-state index contributed by atoms with van der Waals surface area (Å²) in [5, 5.41) is 12.5. The molecule has 1 saturated carbocycles. The van der Waals surface area contributed by atoms with Gasteiger partial charge in [-0.2, -0.15) is 0 Å². The molecule has 0 spiro atoms. The Labute approximate surface area is 154 Å². The molecule has 0 atom stereocenters. The number of anilines is 1. The molecule has 1 amide bonds. The van der Waals surface area contributed by atoms with Gasteiger partial charge in [0.2, 0.25) is 11.0 Å². The molecule has 0 saturated heterocycles. The second-order valence-electron chi connectivity index (χ2n) is 6.59. The van der Waals surface area contributed by atoms with Crippen LogP contribution in [0, 0.1) is 0 Å². The molecule has 1 fully saturated rings. The Bertz CT molecular complexity index is 999. The van der Waals surface area contributed by atoms with Gasteiger partial charge in [0.05, 0.1) is 11.0 Å². The fraction of sp³-hybridized carbons (Fsp3) is 0.444. The second kappa shape index (κ2) is 7.03. The van der Waals surface area contributed by atoms with E-state index < -0.39 is 0 Å². The van der Waals surface area contributed by atoms with Gasteiger partial charge >= 0.3 is 5.69 Å². The highest BCUT2D eigenvalue weighted by Crippen LogP contribution is 2.42. The van der Waals surface area contributed by atoms with Crippen molar-refractivity contribution < 1.29 is 4.79 Å². The highest BCUT2D eigenvalue weighted by Gasteiger charge is 2.27. The zero-order valence-electron chi connectivity index (χ0n) is 14.6. The third-order valence-corrected chi connectivity index (χ3v) is 5.55. The Balaban J connectivity index is 1.47. The number of amides is 1. The maximum absolute atomic E-state index is 12.7. The van der Waals surface area contributed by atoms with Gasteiger partial charge in [0.15, 0.2) is 0 Å². The molecule has 1 aliphatic rings. The van der Waals surface area contributed by atoms with Crippen molar-refractivity contribution >= 4 is 33.4 Å². The average molecular weight is 371 g/mol. The van der Waals surface area contributed by atoms with Crippen LogP contribution in [0.1, 0.15) is 43.5 Å². The van der Waals surface area contributed by atoms with E-state index in [-0.39, 0.29) is 18.0 Å². The van der Waals surface area contributed by atoms with E-state index in [1.807, 2.05) is 31.2 Å². The average Bonchev–Trinajstić information content (AvgIpc) is 3.33. The topological polar surface area (TPSA) is 81.8 Å². The number of carbonyl (C=O) groups is 1. The van der Waals surface area contributed by atoms with E-state index in [0.717, 1.165) is 35.3 Å². The van der Waals surface area contributed by atoms with Crippen molar-refractivity contribution in [1.82, 2.24) is 19.3 Å². The van der Waals surface area contributed by atoms with Crippen LogP contribution in [0.25, 0.3) is 11.0 Å². The molecule has 26 heavy (non-hydrogen) atoms. The van der Waals surface area contributed by atoms with Crippen molar-refractivity contribution in [2.45, 2.75) is 51.6 Å². The van der Waals surface area contributed by atoms with Crippen molar-refractivity contribution in [3.8, 4) is 0 Å². The first-order valence-electron chi connectivity index (χ1n) is 8.98. The minimum Gasteiger partial charge on any atom is -0.300 e. The van der Waals surface area contributed by atoms with E-state index in [9.17, 15) is 9.59 Å². The lowest BCUT2D eigenvalue weighted by molar-refractivity contribution is -0.116.